The summed E-state index contributed by atoms with van der Waals surface area (Å²) in [5.74, 6) is 0. The maximum atomic E-state index is 2.54. The number of nitrogens with zero attached hydrogens (tertiary/aromatic N) is 3. The lowest BCUT2D eigenvalue weighted by molar-refractivity contribution is 0.666. The second-order valence-electron chi connectivity index (χ2n) is 25.9. The molecule has 3 aromatic heterocycles. The Morgan fingerprint density at radius 1 is 0.214 bits per heavy atom. The lowest BCUT2D eigenvalue weighted by Crippen LogP contribution is -2.15. The normalized spacial score (nSPS) is 15.1. The second kappa shape index (κ2) is 15.8. The Morgan fingerprint density at radius 2 is 0.488 bits per heavy atom. The fourth-order valence-electron chi connectivity index (χ4n) is 17.2. The molecule has 0 atom stereocenters. The number of rotatable bonds is 3. The summed E-state index contributed by atoms with van der Waals surface area (Å²) in [5.41, 5.74) is 26.8. The fraction of sp³-hybridized carbons (Fsp3) is 0.111. The quantitative estimate of drug-likeness (QED) is 0.157. The topological polar surface area (TPSA) is 14.8 Å². The van der Waals surface area contributed by atoms with Gasteiger partial charge in [-0.3, -0.25) is 0 Å². The predicted molar refractivity (Wildman–Crippen MR) is 355 cm³/mol. The van der Waals surface area contributed by atoms with E-state index in [0.717, 1.165) is 17.1 Å². The van der Waals surface area contributed by atoms with E-state index in [1.165, 1.54) is 164 Å². The van der Waals surface area contributed by atoms with Crippen molar-refractivity contribution in [3.05, 3.63) is 270 Å². The van der Waals surface area contributed by atoms with E-state index in [1.807, 2.05) is 0 Å². The first kappa shape index (κ1) is 46.6. The van der Waals surface area contributed by atoms with Crippen molar-refractivity contribution in [1.82, 2.24) is 13.7 Å². The van der Waals surface area contributed by atoms with Gasteiger partial charge in [-0.1, -0.05) is 205 Å². The number of aromatic nitrogens is 3. The first-order valence-electron chi connectivity index (χ1n) is 29.9. The standard InChI is InChI=1S/C81H57N3/c1-79(2)64-25-13-7-19-52(64)55-37-40-70-73(76(55)79)58-22-10-16-28-67(58)82(70)46-31-34-49-61(43-46)50-35-32-47(83-68-29-17-11-23-59(68)74-71(83)41-38-56-53-20-8-14-26-65(53)80(3,4)77(56)74)45-63(50)51-36-33-48(44-62(49)51)84-69-30-18-12-24-60(69)75-72(84)42-39-57-54-21-9-15-27-66(54)81(5,6)78(57)75/h7-45H,1-6H3. The van der Waals surface area contributed by atoms with Gasteiger partial charge >= 0.3 is 0 Å². The number of hydrogen-bond donors (Lipinski definition) is 0. The second-order valence-corrected chi connectivity index (χ2v) is 25.9. The average molecular weight is 1070 g/mol. The van der Waals surface area contributed by atoms with E-state index in [4.69, 9.17) is 0 Å². The number of benzene rings is 13. The molecule has 0 N–H and O–H groups in total. The first-order chi connectivity index (χ1) is 41.0. The molecule has 3 heterocycles. The Morgan fingerprint density at radius 3 is 0.798 bits per heavy atom. The van der Waals surface area contributed by atoms with Crippen LogP contribution in [0.15, 0.2) is 237 Å². The summed E-state index contributed by atoms with van der Waals surface area (Å²) in [7, 11) is 0. The van der Waals surface area contributed by atoms with E-state index >= 15 is 0 Å². The Bertz CT molecular complexity index is 5120. The lowest BCUT2D eigenvalue weighted by Gasteiger charge is -2.22. The predicted octanol–water partition coefficient (Wildman–Crippen LogP) is 21.4. The number of hydrogen-bond acceptors (Lipinski definition) is 0. The van der Waals surface area contributed by atoms with Crippen LogP contribution in [0.1, 0.15) is 74.9 Å². The van der Waals surface area contributed by atoms with E-state index < -0.39 is 0 Å². The van der Waals surface area contributed by atoms with Gasteiger partial charge in [0.15, 0.2) is 0 Å². The van der Waals surface area contributed by atoms with Crippen molar-refractivity contribution in [1.29, 1.82) is 0 Å². The van der Waals surface area contributed by atoms with E-state index in [9.17, 15) is 0 Å². The molecule has 3 heteroatoms. The van der Waals surface area contributed by atoms with Crippen molar-refractivity contribution in [2.45, 2.75) is 57.8 Å². The van der Waals surface area contributed by atoms with Gasteiger partial charge in [0.05, 0.1) is 33.1 Å². The summed E-state index contributed by atoms with van der Waals surface area (Å²) in [6.07, 6.45) is 0. The lowest BCUT2D eigenvalue weighted by atomic mass is 9.80. The molecule has 0 spiro atoms. The van der Waals surface area contributed by atoms with Crippen molar-refractivity contribution >= 4 is 97.7 Å². The van der Waals surface area contributed by atoms with Crippen molar-refractivity contribution in [3.63, 3.8) is 0 Å². The van der Waals surface area contributed by atoms with Crippen LogP contribution in [-0.4, -0.2) is 13.7 Å². The van der Waals surface area contributed by atoms with Crippen molar-refractivity contribution in [2.24, 2.45) is 0 Å². The maximum Gasteiger partial charge on any atom is 0.0544 e. The zero-order valence-corrected chi connectivity index (χ0v) is 47.9. The van der Waals surface area contributed by atoms with Crippen LogP contribution in [0.3, 0.4) is 0 Å². The Labute approximate surface area is 486 Å². The molecule has 0 fully saturated rings. The van der Waals surface area contributed by atoms with E-state index in [2.05, 4.69) is 292 Å². The third-order valence-electron chi connectivity index (χ3n) is 20.7. The minimum atomic E-state index is -0.163. The molecule has 13 aromatic carbocycles. The highest BCUT2D eigenvalue weighted by Gasteiger charge is 2.41. The van der Waals surface area contributed by atoms with E-state index in [1.54, 1.807) is 0 Å². The molecular weight excluding hydrogens is 1010 g/mol. The number of para-hydroxylation sites is 3. The highest BCUT2D eigenvalue weighted by atomic mass is 15.0. The molecule has 0 bridgehead atoms. The Kier molecular flexibility index (Phi) is 8.75. The van der Waals surface area contributed by atoms with Gasteiger partial charge in [0, 0.05) is 65.6 Å². The van der Waals surface area contributed by atoms with Gasteiger partial charge < -0.3 is 13.7 Å². The molecule has 0 aliphatic heterocycles. The van der Waals surface area contributed by atoms with Crippen molar-refractivity contribution in [2.75, 3.05) is 0 Å². The van der Waals surface area contributed by atoms with Crippen molar-refractivity contribution < 1.29 is 0 Å². The minimum absolute atomic E-state index is 0.163. The molecule has 0 unspecified atom stereocenters. The van der Waals surface area contributed by atoms with Crippen LogP contribution in [0.5, 0.6) is 0 Å². The monoisotopic (exact) mass is 1070 g/mol. The molecule has 3 nitrogen and oxygen atoms in total. The summed E-state index contributed by atoms with van der Waals surface area (Å²) in [6, 6.07) is 90.5. The van der Waals surface area contributed by atoms with Crippen LogP contribution in [0, 0.1) is 0 Å². The smallest absolute Gasteiger partial charge is 0.0544 e. The highest BCUT2D eigenvalue weighted by molar-refractivity contribution is 6.27. The fourth-order valence-corrected chi connectivity index (χ4v) is 17.2. The van der Waals surface area contributed by atoms with Gasteiger partial charge in [-0.2, -0.15) is 0 Å². The first-order valence-corrected chi connectivity index (χ1v) is 29.9. The van der Waals surface area contributed by atoms with Crippen LogP contribution < -0.4 is 0 Å². The maximum absolute atomic E-state index is 2.54. The van der Waals surface area contributed by atoms with Gasteiger partial charge in [0.2, 0.25) is 0 Å². The molecule has 0 saturated heterocycles. The minimum Gasteiger partial charge on any atom is -0.309 e. The zero-order valence-electron chi connectivity index (χ0n) is 47.9. The van der Waals surface area contributed by atoms with Gasteiger partial charge in [0.25, 0.3) is 0 Å². The molecule has 84 heavy (non-hydrogen) atoms. The summed E-state index contributed by atoms with van der Waals surface area (Å²) in [5, 5.41) is 15.3. The van der Waals surface area contributed by atoms with Gasteiger partial charge in [-0.15, -0.1) is 0 Å². The third-order valence-corrected chi connectivity index (χ3v) is 20.7. The SMILES string of the molecule is CC1(C)c2ccccc2-c2ccc3c(c21)c1ccccc1n3-c1ccc2c(c1)c1ccc(-n3c4ccccc4c4c5c(ccc43)-c3ccccc3C5(C)C)cc1c1ccc(-n3c4ccccc4c4c5c(ccc43)-c3ccccc3C5(C)C)cc21. The van der Waals surface area contributed by atoms with Gasteiger partial charge in [-0.25, -0.2) is 0 Å². The largest absolute Gasteiger partial charge is 0.309 e. The molecule has 396 valence electrons. The van der Waals surface area contributed by atoms with Crippen molar-refractivity contribution in [3.8, 4) is 50.4 Å². The van der Waals surface area contributed by atoms with Crippen LogP contribution in [0.2, 0.25) is 0 Å². The Hall–Kier alpha value is -9.96. The zero-order chi connectivity index (χ0) is 55.9. The summed E-state index contributed by atoms with van der Waals surface area (Å²) in [4.78, 5) is 0. The highest BCUT2D eigenvalue weighted by Crippen LogP contribution is 2.57. The molecule has 0 radical (unpaired) electrons. The molecule has 16 aromatic rings. The third kappa shape index (κ3) is 5.63. The summed E-state index contributed by atoms with van der Waals surface area (Å²) in [6.45, 7) is 14.5. The molecular formula is C81H57N3. The Balaban J connectivity index is 0.892. The summed E-state index contributed by atoms with van der Waals surface area (Å²) < 4.78 is 7.62. The summed E-state index contributed by atoms with van der Waals surface area (Å²) >= 11 is 0. The van der Waals surface area contributed by atoms with E-state index in [0.29, 0.717) is 0 Å². The molecule has 19 rings (SSSR count). The number of fused-ring (bicyclic) bond motifs is 27. The van der Waals surface area contributed by atoms with Crippen LogP contribution in [-0.2, 0) is 16.2 Å². The van der Waals surface area contributed by atoms with Crippen LogP contribution in [0.4, 0.5) is 0 Å². The molecule has 3 aliphatic rings. The van der Waals surface area contributed by atoms with Crippen LogP contribution in [0.25, 0.3) is 148 Å². The van der Waals surface area contributed by atoms with E-state index in [-0.39, 0.29) is 16.2 Å². The van der Waals surface area contributed by atoms with Crippen LogP contribution >= 0.6 is 0 Å². The van der Waals surface area contributed by atoms with Gasteiger partial charge in [-0.05, 0) is 172 Å². The molecule has 0 amide bonds. The average Bonchev–Trinajstić information content (AvgIpc) is 2.11. The molecule has 3 aliphatic carbocycles. The molecule has 0 saturated carbocycles. The van der Waals surface area contributed by atoms with Gasteiger partial charge in [0.1, 0.15) is 0 Å².